The second-order valence-electron chi connectivity index (χ2n) is 5.33. The van der Waals surface area contributed by atoms with E-state index in [1.807, 2.05) is 19.1 Å². The van der Waals surface area contributed by atoms with Gasteiger partial charge >= 0.3 is 5.97 Å². The normalized spacial score (nSPS) is 16.1. The van der Waals surface area contributed by atoms with Crippen LogP contribution in [0, 0.1) is 6.92 Å². The first-order valence-electron chi connectivity index (χ1n) is 7.16. The topological polar surface area (TPSA) is 67.4 Å². The van der Waals surface area contributed by atoms with Crippen LogP contribution in [0.2, 0.25) is 5.02 Å². The summed E-state index contributed by atoms with van der Waals surface area (Å²) < 4.78 is 5.23. The van der Waals surface area contributed by atoms with Crippen molar-refractivity contribution in [1.82, 2.24) is 0 Å². The van der Waals surface area contributed by atoms with Gasteiger partial charge in [-0.3, -0.25) is 4.79 Å². The maximum absolute atomic E-state index is 12.1. The molecule has 0 spiro atoms. The maximum atomic E-state index is 12.1. The van der Waals surface area contributed by atoms with Gasteiger partial charge in [0.25, 0.3) is 0 Å². The van der Waals surface area contributed by atoms with Crippen molar-refractivity contribution in [3.8, 4) is 5.75 Å². The van der Waals surface area contributed by atoms with Crippen molar-refractivity contribution in [2.24, 2.45) is 0 Å². The average Bonchev–Trinajstić information content (AvgIpc) is 2.51. The zero-order valence-corrected chi connectivity index (χ0v) is 13.2. The Kier molecular flexibility index (Phi) is 4.21. The lowest BCUT2D eigenvalue weighted by Gasteiger charge is -2.25. The molecule has 3 rings (SSSR count). The Morgan fingerprint density at radius 2 is 2.09 bits per heavy atom. The predicted octanol–water partition coefficient (Wildman–Crippen LogP) is 3.38. The lowest BCUT2D eigenvalue weighted by atomic mass is 10.1. The van der Waals surface area contributed by atoms with E-state index in [1.165, 1.54) is 0 Å². The Labute approximate surface area is 138 Å². The van der Waals surface area contributed by atoms with Gasteiger partial charge in [0, 0.05) is 10.7 Å². The number of carbonyl (C=O) groups excluding carboxylic acids is 2. The number of benzene rings is 2. The van der Waals surface area contributed by atoms with Gasteiger partial charge in [0.15, 0.2) is 5.75 Å². The lowest BCUT2D eigenvalue weighted by molar-refractivity contribution is -0.137. The zero-order valence-electron chi connectivity index (χ0n) is 12.4. The number of aryl methyl sites for hydroxylation is 1. The number of amides is 1. The number of hydrogen-bond donors (Lipinski definition) is 2. The third-order valence-corrected chi connectivity index (χ3v) is 3.96. The van der Waals surface area contributed by atoms with Gasteiger partial charge in [-0.15, -0.1) is 0 Å². The highest BCUT2D eigenvalue weighted by molar-refractivity contribution is 6.31. The summed E-state index contributed by atoms with van der Waals surface area (Å²) in [6.07, 6.45) is -0.0291. The number of carbonyl (C=O) groups is 2. The number of hydrogen-bond acceptors (Lipinski definition) is 4. The van der Waals surface area contributed by atoms with Gasteiger partial charge in [-0.2, -0.15) is 0 Å². The number of halogens is 1. The van der Waals surface area contributed by atoms with Gasteiger partial charge in [0.05, 0.1) is 12.1 Å². The van der Waals surface area contributed by atoms with E-state index in [2.05, 4.69) is 10.6 Å². The first kappa shape index (κ1) is 15.4. The maximum Gasteiger partial charge on any atom is 0.334 e. The predicted molar refractivity (Wildman–Crippen MR) is 88.9 cm³/mol. The van der Waals surface area contributed by atoms with E-state index >= 15 is 0 Å². The summed E-state index contributed by atoms with van der Waals surface area (Å²) >= 11 is 6.03. The van der Waals surface area contributed by atoms with Gasteiger partial charge in [0.2, 0.25) is 5.91 Å². The molecule has 0 aliphatic carbocycles. The minimum Gasteiger partial charge on any atom is -0.423 e. The molecule has 1 amide bonds. The molecule has 0 bridgehead atoms. The molecule has 2 aromatic carbocycles. The van der Waals surface area contributed by atoms with Crippen molar-refractivity contribution in [1.29, 1.82) is 0 Å². The highest BCUT2D eigenvalue weighted by Gasteiger charge is 2.29. The van der Waals surface area contributed by atoms with Crippen LogP contribution in [0.1, 0.15) is 12.0 Å². The second-order valence-corrected chi connectivity index (χ2v) is 5.74. The molecule has 23 heavy (non-hydrogen) atoms. The molecule has 2 N–H and O–H groups in total. The summed E-state index contributed by atoms with van der Waals surface area (Å²) in [5, 5.41) is 6.33. The van der Waals surface area contributed by atoms with Gasteiger partial charge in [-0.1, -0.05) is 29.8 Å². The summed E-state index contributed by atoms with van der Waals surface area (Å²) in [5.41, 5.74) is 2.22. The molecule has 2 aromatic rings. The summed E-state index contributed by atoms with van der Waals surface area (Å²) in [4.78, 5) is 24.1. The fraction of sp³-hybridized carbons (Fsp3) is 0.176. The Balaban J connectivity index is 1.66. The Hall–Kier alpha value is -2.53. The van der Waals surface area contributed by atoms with Crippen LogP contribution < -0.4 is 15.4 Å². The van der Waals surface area contributed by atoms with Crippen molar-refractivity contribution < 1.29 is 14.3 Å². The zero-order chi connectivity index (χ0) is 16.4. The fourth-order valence-corrected chi connectivity index (χ4v) is 2.48. The number of para-hydroxylation sites is 2. The largest absolute Gasteiger partial charge is 0.423 e. The molecule has 0 aromatic heterocycles. The van der Waals surface area contributed by atoms with E-state index in [1.54, 1.807) is 30.3 Å². The van der Waals surface area contributed by atoms with Crippen LogP contribution >= 0.6 is 11.6 Å². The number of nitrogens with one attached hydrogen (secondary N) is 2. The van der Waals surface area contributed by atoms with Crippen LogP contribution in [0.5, 0.6) is 5.75 Å². The Bertz CT molecular complexity index is 776. The van der Waals surface area contributed by atoms with E-state index in [9.17, 15) is 9.59 Å². The molecule has 0 saturated carbocycles. The molecule has 0 fully saturated rings. The van der Waals surface area contributed by atoms with Gasteiger partial charge in [-0.05, 0) is 36.8 Å². The third kappa shape index (κ3) is 3.46. The smallest absolute Gasteiger partial charge is 0.334 e. The van der Waals surface area contributed by atoms with Crippen LogP contribution in [0.25, 0.3) is 0 Å². The summed E-state index contributed by atoms with van der Waals surface area (Å²) in [5.74, 6) is -0.293. The van der Waals surface area contributed by atoms with Crippen LogP contribution in [0.3, 0.4) is 0 Å². The molecule has 1 heterocycles. The standard InChI is InChI=1S/C17H15ClN2O3/c1-10-6-7-11(8-12(10)18)19-16(21)9-14-17(22)23-15-5-3-2-4-13(15)20-14/h2-8,14,20H,9H2,1H3,(H,19,21)/t14-/m0/s1. The van der Waals surface area contributed by atoms with Crippen molar-refractivity contribution in [3.63, 3.8) is 0 Å². The molecule has 0 radical (unpaired) electrons. The van der Waals surface area contributed by atoms with Crippen LogP contribution in [0.4, 0.5) is 11.4 Å². The molecule has 0 unspecified atom stereocenters. The summed E-state index contributed by atoms with van der Waals surface area (Å²) in [6, 6.07) is 11.7. The minimum absolute atomic E-state index is 0.0291. The molecule has 1 aliphatic rings. The average molecular weight is 331 g/mol. The highest BCUT2D eigenvalue weighted by atomic mass is 35.5. The first-order valence-corrected chi connectivity index (χ1v) is 7.54. The molecule has 1 atom stereocenters. The van der Waals surface area contributed by atoms with Gasteiger partial charge in [0.1, 0.15) is 6.04 Å². The fourth-order valence-electron chi connectivity index (χ4n) is 2.30. The van der Waals surface area contributed by atoms with Crippen molar-refractivity contribution in [3.05, 3.63) is 53.1 Å². The summed E-state index contributed by atoms with van der Waals surface area (Å²) in [7, 11) is 0. The molecular weight excluding hydrogens is 316 g/mol. The van der Waals surface area contributed by atoms with Gasteiger partial charge < -0.3 is 15.4 Å². The number of rotatable bonds is 3. The van der Waals surface area contributed by atoms with Crippen LogP contribution in [-0.4, -0.2) is 17.9 Å². The van der Waals surface area contributed by atoms with E-state index in [-0.39, 0.29) is 12.3 Å². The number of ether oxygens (including phenoxy) is 1. The molecular formula is C17H15ClN2O3. The molecule has 1 aliphatic heterocycles. The Morgan fingerprint density at radius 1 is 1.30 bits per heavy atom. The quantitative estimate of drug-likeness (QED) is 0.669. The van der Waals surface area contributed by atoms with E-state index in [0.29, 0.717) is 22.1 Å². The lowest BCUT2D eigenvalue weighted by Crippen LogP contribution is -2.39. The number of esters is 1. The molecule has 118 valence electrons. The third-order valence-electron chi connectivity index (χ3n) is 3.56. The van der Waals surface area contributed by atoms with Crippen LogP contribution in [0.15, 0.2) is 42.5 Å². The molecule has 5 nitrogen and oxygen atoms in total. The van der Waals surface area contributed by atoms with Crippen molar-refractivity contribution in [2.45, 2.75) is 19.4 Å². The van der Waals surface area contributed by atoms with E-state index in [4.69, 9.17) is 16.3 Å². The van der Waals surface area contributed by atoms with Crippen LogP contribution in [-0.2, 0) is 9.59 Å². The monoisotopic (exact) mass is 330 g/mol. The Morgan fingerprint density at radius 3 is 2.87 bits per heavy atom. The number of fused-ring (bicyclic) bond motifs is 1. The van der Waals surface area contributed by atoms with Crippen molar-refractivity contribution in [2.75, 3.05) is 10.6 Å². The molecule has 6 heteroatoms. The SMILES string of the molecule is Cc1ccc(NC(=O)C[C@@H]2Nc3ccccc3OC2=O)cc1Cl. The minimum atomic E-state index is -0.717. The van der Waals surface area contributed by atoms with Gasteiger partial charge in [-0.25, -0.2) is 4.79 Å². The van der Waals surface area contributed by atoms with Crippen molar-refractivity contribution >= 4 is 34.9 Å². The first-order chi connectivity index (χ1) is 11.0. The van der Waals surface area contributed by atoms with E-state index in [0.717, 1.165) is 5.56 Å². The van der Waals surface area contributed by atoms with E-state index < -0.39 is 12.0 Å². The molecule has 0 saturated heterocycles. The highest BCUT2D eigenvalue weighted by Crippen LogP contribution is 2.29. The second kappa shape index (κ2) is 6.30. The summed E-state index contributed by atoms with van der Waals surface area (Å²) in [6.45, 7) is 1.88. The number of anilines is 2.